The zero-order valence-corrected chi connectivity index (χ0v) is 19.9. The highest BCUT2D eigenvalue weighted by molar-refractivity contribution is 6.32. The number of hydrogen-bond donors (Lipinski definition) is 2. The monoisotopic (exact) mass is 468 g/mol. The van der Waals surface area contributed by atoms with Crippen LogP contribution in [0, 0.1) is 0 Å². The molecule has 1 aliphatic heterocycles. The summed E-state index contributed by atoms with van der Waals surface area (Å²) in [5.74, 6) is 2.54. The van der Waals surface area contributed by atoms with Crippen LogP contribution in [0.25, 0.3) is 0 Å². The van der Waals surface area contributed by atoms with Gasteiger partial charge in [0.15, 0.2) is 5.82 Å². The number of ether oxygens (including phenoxy) is 2. The minimum Gasteiger partial charge on any atom is -0.497 e. The third kappa shape index (κ3) is 5.77. The molecule has 0 amide bonds. The van der Waals surface area contributed by atoms with Crippen molar-refractivity contribution in [1.29, 1.82) is 0 Å². The molecule has 0 aliphatic carbocycles. The number of methoxy groups -OCH3 is 2. The van der Waals surface area contributed by atoms with Crippen LogP contribution in [0.15, 0.2) is 48.7 Å². The first-order valence-corrected chi connectivity index (χ1v) is 11.2. The van der Waals surface area contributed by atoms with E-state index < -0.39 is 0 Å². The lowest BCUT2D eigenvalue weighted by Crippen LogP contribution is -2.44. The molecule has 0 radical (unpaired) electrons. The smallest absolute Gasteiger partial charge is 0.229 e. The lowest BCUT2D eigenvalue weighted by atomic mass is 10.2. The van der Waals surface area contributed by atoms with E-state index in [2.05, 4.69) is 43.5 Å². The molecule has 4 rings (SSSR count). The van der Waals surface area contributed by atoms with Crippen LogP contribution < -0.4 is 25.0 Å². The Hall–Kier alpha value is -3.23. The van der Waals surface area contributed by atoms with Gasteiger partial charge in [0.05, 0.1) is 26.1 Å². The van der Waals surface area contributed by atoms with Gasteiger partial charge in [-0.3, -0.25) is 0 Å². The Balaban J connectivity index is 1.45. The highest BCUT2D eigenvalue weighted by atomic mass is 35.5. The Morgan fingerprint density at radius 2 is 1.76 bits per heavy atom. The van der Waals surface area contributed by atoms with Crippen molar-refractivity contribution in [3.8, 4) is 11.5 Å². The molecular weight excluding hydrogens is 440 g/mol. The topological polar surface area (TPSA) is 74.8 Å². The van der Waals surface area contributed by atoms with Crippen molar-refractivity contribution in [2.45, 2.75) is 6.54 Å². The van der Waals surface area contributed by atoms with Crippen molar-refractivity contribution in [2.75, 3.05) is 63.0 Å². The largest absolute Gasteiger partial charge is 0.497 e. The van der Waals surface area contributed by atoms with Gasteiger partial charge < -0.3 is 29.9 Å². The van der Waals surface area contributed by atoms with E-state index in [0.717, 1.165) is 54.6 Å². The first-order valence-electron chi connectivity index (χ1n) is 10.8. The van der Waals surface area contributed by atoms with Gasteiger partial charge in [0.2, 0.25) is 5.95 Å². The molecule has 2 heterocycles. The van der Waals surface area contributed by atoms with Crippen LogP contribution in [0.1, 0.15) is 5.56 Å². The molecule has 9 heteroatoms. The average molecular weight is 469 g/mol. The normalized spacial score (nSPS) is 14.1. The molecule has 33 heavy (non-hydrogen) atoms. The number of aromatic nitrogens is 2. The number of hydrogen-bond acceptors (Lipinski definition) is 8. The molecule has 2 aromatic carbocycles. The second-order valence-electron chi connectivity index (χ2n) is 7.89. The Kier molecular flexibility index (Phi) is 7.36. The van der Waals surface area contributed by atoms with Gasteiger partial charge in [-0.05, 0) is 36.9 Å². The molecule has 2 N–H and O–H groups in total. The van der Waals surface area contributed by atoms with Crippen LogP contribution in [0.3, 0.4) is 0 Å². The van der Waals surface area contributed by atoms with E-state index in [1.54, 1.807) is 20.4 Å². The fraction of sp³-hybridized carbons (Fsp3) is 0.333. The second-order valence-corrected chi connectivity index (χ2v) is 8.30. The zero-order valence-electron chi connectivity index (χ0n) is 19.1. The molecule has 3 aromatic rings. The first kappa shape index (κ1) is 22.9. The molecule has 174 valence electrons. The Morgan fingerprint density at radius 1 is 1.00 bits per heavy atom. The van der Waals surface area contributed by atoms with Crippen molar-refractivity contribution in [3.63, 3.8) is 0 Å². The van der Waals surface area contributed by atoms with Crippen LogP contribution in [0.4, 0.5) is 23.1 Å². The number of nitrogens with zero attached hydrogens (tertiary/aromatic N) is 4. The third-order valence-electron chi connectivity index (χ3n) is 5.66. The number of piperazine rings is 1. The summed E-state index contributed by atoms with van der Waals surface area (Å²) < 4.78 is 10.8. The molecule has 1 aliphatic rings. The summed E-state index contributed by atoms with van der Waals surface area (Å²) in [6.45, 7) is 4.66. The fourth-order valence-corrected chi connectivity index (χ4v) is 3.80. The number of halogens is 1. The number of likely N-dealkylation sites (N-methyl/N-ethyl adjacent to an activating group) is 1. The highest BCUT2D eigenvalue weighted by Gasteiger charge is 2.16. The van der Waals surface area contributed by atoms with E-state index in [1.165, 1.54) is 0 Å². The summed E-state index contributed by atoms with van der Waals surface area (Å²) in [6, 6.07) is 14.0. The SMILES string of the molecule is COc1ccc(CNc2nc(Nc3ccc(N4CCN(C)CC4)cc3OC)ncc2Cl)cc1. The van der Waals surface area contributed by atoms with E-state index in [-0.39, 0.29) is 0 Å². The van der Waals surface area contributed by atoms with E-state index in [9.17, 15) is 0 Å². The summed E-state index contributed by atoms with van der Waals surface area (Å²) >= 11 is 6.32. The first-order chi connectivity index (χ1) is 16.1. The fourth-order valence-electron chi connectivity index (χ4n) is 3.65. The van der Waals surface area contributed by atoms with Gasteiger partial charge in [-0.15, -0.1) is 0 Å². The number of rotatable bonds is 8. The van der Waals surface area contributed by atoms with Crippen molar-refractivity contribution in [1.82, 2.24) is 14.9 Å². The summed E-state index contributed by atoms with van der Waals surface area (Å²) in [5.41, 5.74) is 3.02. The molecule has 0 bridgehead atoms. The van der Waals surface area contributed by atoms with Crippen LogP contribution in [0.5, 0.6) is 11.5 Å². The van der Waals surface area contributed by atoms with Crippen molar-refractivity contribution < 1.29 is 9.47 Å². The quantitative estimate of drug-likeness (QED) is 0.508. The maximum Gasteiger partial charge on any atom is 0.229 e. The van der Waals surface area contributed by atoms with E-state index in [4.69, 9.17) is 21.1 Å². The van der Waals surface area contributed by atoms with E-state index in [1.807, 2.05) is 36.4 Å². The standard InChI is InChI=1S/C24H29ClN6O2/c1-30-10-12-31(13-11-30)18-6-9-21(22(14-18)33-3)28-24-27-16-20(25)23(29-24)26-15-17-4-7-19(32-2)8-5-17/h4-9,14,16H,10-13,15H2,1-3H3,(H2,26,27,28,29). The molecule has 1 aromatic heterocycles. The van der Waals surface area contributed by atoms with Gasteiger partial charge in [0, 0.05) is 44.5 Å². The van der Waals surface area contributed by atoms with Crippen molar-refractivity contribution >= 4 is 34.7 Å². The molecule has 0 unspecified atom stereocenters. The molecular formula is C24H29ClN6O2. The molecule has 1 saturated heterocycles. The predicted molar refractivity (Wildman–Crippen MR) is 133 cm³/mol. The van der Waals surface area contributed by atoms with Crippen molar-refractivity contribution in [2.24, 2.45) is 0 Å². The van der Waals surface area contributed by atoms with Gasteiger partial charge in [-0.1, -0.05) is 23.7 Å². The Morgan fingerprint density at radius 3 is 2.45 bits per heavy atom. The number of nitrogens with one attached hydrogen (secondary N) is 2. The lowest BCUT2D eigenvalue weighted by Gasteiger charge is -2.34. The molecule has 0 atom stereocenters. The van der Waals surface area contributed by atoms with Gasteiger partial charge in [-0.2, -0.15) is 4.98 Å². The van der Waals surface area contributed by atoms with Gasteiger partial charge in [0.1, 0.15) is 16.5 Å². The van der Waals surface area contributed by atoms with E-state index in [0.29, 0.717) is 23.3 Å². The molecule has 1 fully saturated rings. The summed E-state index contributed by atoms with van der Waals surface area (Å²) in [4.78, 5) is 13.6. The average Bonchev–Trinajstić information content (AvgIpc) is 2.85. The minimum absolute atomic E-state index is 0.433. The van der Waals surface area contributed by atoms with Crippen LogP contribution in [-0.2, 0) is 6.54 Å². The van der Waals surface area contributed by atoms with Crippen molar-refractivity contribution in [3.05, 3.63) is 59.2 Å². The predicted octanol–water partition coefficient (Wildman–Crippen LogP) is 4.25. The number of benzene rings is 2. The summed E-state index contributed by atoms with van der Waals surface area (Å²) in [5, 5.41) is 6.97. The Bertz CT molecular complexity index is 1070. The highest BCUT2D eigenvalue weighted by Crippen LogP contribution is 2.32. The maximum atomic E-state index is 6.32. The van der Waals surface area contributed by atoms with Crippen LogP contribution in [0.2, 0.25) is 5.02 Å². The summed E-state index contributed by atoms with van der Waals surface area (Å²) in [7, 11) is 5.47. The second kappa shape index (κ2) is 10.6. The molecule has 0 spiro atoms. The molecule has 0 saturated carbocycles. The third-order valence-corrected chi connectivity index (χ3v) is 5.94. The lowest BCUT2D eigenvalue weighted by molar-refractivity contribution is 0.312. The minimum atomic E-state index is 0.433. The zero-order chi connectivity index (χ0) is 23.2. The maximum absolute atomic E-state index is 6.32. The van der Waals surface area contributed by atoms with Gasteiger partial charge in [-0.25, -0.2) is 4.98 Å². The Labute approximate surface area is 199 Å². The van der Waals surface area contributed by atoms with Gasteiger partial charge >= 0.3 is 0 Å². The number of anilines is 4. The summed E-state index contributed by atoms with van der Waals surface area (Å²) in [6.07, 6.45) is 1.58. The van der Waals surface area contributed by atoms with Gasteiger partial charge in [0.25, 0.3) is 0 Å². The van der Waals surface area contributed by atoms with E-state index >= 15 is 0 Å². The molecule has 8 nitrogen and oxygen atoms in total. The van der Waals surface area contributed by atoms with Crippen LogP contribution in [-0.4, -0.2) is 62.3 Å². The van der Waals surface area contributed by atoms with Crippen LogP contribution >= 0.6 is 11.6 Å².